The number of amides is 1. The van der Waals surface area contributed by atoms with E-state index in [0.29, 0.717) is 49.2 Å². The van der Waals surface area contributed by atoms with Gasteiger partial charge in [-0.1, -0.05) is 11.6 Å². The number of benzene rings is 1. The maximum absolute atomic E-state index is 12.1. The molecule has 9 heteroatoms. The van der Waals surface area contributed by atoms with Crippen LogP contribution in [0, 0.1) is 23.7 Å². The minimum Gasteiger partial charge on any atom is -0.465 e. The Balaban J connectivity index is 1.06. The third-order valence-electron chi connectivity index (χ3n) is 9.41. The van der Waals surface area contributed by atoms with Gasteiger partial charge >= 0.3 is 6.09 Å². The van der Waals surface area contributed by atoms with Crippen LogP contribution in [-0.4, -0.2) is 51.8 Å². The lowest BCUT2D eigenvalue weighted by Gasteiger charge is -2.57. The van der Waals surface area contributed by atoms with E-state index in [-0.39, 0.29) is 6.04 Å². The molecule has 0 radical (unpaired) electrons. The van der Waals surface area contributed by atoms with Crippen molar-refractivity contribution in [2.24, 2.45) is 23.7 Å². The van der Waals surface area contributed by atoms with E-state index >= 15 is 0 Å². The van der Waals surface area contributed by atoms with Crippen LogP contribution in [0.2, 0.25) is 5.02 Å². The molecule has 1 amide bonds. The van der Waals surface area contributed by atoms with Crippen molar-refractivity contribution < 1.29 is 24.4 Å². The van der Waals surface area contributed by atoms with Gasteiger partial charge in [0.05, 0.1) is 5.52 Å². The molecule has 2 aromatic rings. The minimum absolute atomic E-state index is 0.234. The first-order chi connectivity index (χ1) is 17.4. The number of ether oxygens (including phenoxy) is 1. The van der Waals surface area contributed by atoms with Crippen molar-refractivity contribution in [2.75, 3.05) is 18.4 Å². The summed E-state index contributed by atoms with van der Waals surface area (Å²) in [5.74, 6) is 0.869. The van der Waals surface area contributed by atoms with Crippen LogP contribution >= 0.6 is 11.6 Å². The zero-order valence-corrected chi connectivity index (χ0v) is 21.0. The number of nitrogens with one attached hydrogen (secondary N) is 1. The number of hydrogen-bond donors (Lipinski definition) is 2. The van der Waals surface area contributed by atoms with Gasteiger partial charge in [0.2, 0.25) is 11.6 Å². The van der Waals surface area contributed by atoms with Gasteiger partial charge in [-0.05, 0) is 74.6 Å². The second-order valence-corrected chi connectivity index (χ2v) is 12.0. The van der Waals surface area contributed by atoms with Crippen molar-refractivity contribution in [1.82, 2.24) is 9.88 Å². The monoisotopic (exact) mass is 513 g/mol. The average molecular weight is 514 g/mol. The number of carboxylic acid groups (broad SMARTS) is 1. The van der Waals surface area contributed by atoms with Gasteiger partial charge in [-0.15, -0.1) is 0 Å². The summed E-state index contributed by atoms with van der Waals surface area (Å²) in [6.45, 7) is 0.976. The SMILES string of the molecule is O=C(O)N1CCC2(CC1CCNc1ccnc3cc(Cl)ccc13)OOC1(O2)C2CC3CC(C2)CC1C3. The molecule has 4 aliphatic carbocycles. The maximum Gasteiger partial charge on any atom is 0.407 e. The van der Waals surface area contributed by atoms with Crippen LogP contribution in [0.5, 0.6) is 0 Å². The van der Waals surface area contributed by atoms with E-state index in [1.54, 1.807) is 6.20 Å². The summed E-state index contributed by atoms with van der Waals surface area (Å²) in [6, 6.07) is 7.34. The number of nitrogens with zero attached hydrogens (tertiary/aromatic N) is 2. The molecule has 2 atom stereocenters. The molecule has 4 bridgehead atoms. The number of piperidine rings is 1. The van der Waals surface area contributed by atoms with E-state index in [1.807, 2.05) is 24.3 Å². The molecule has 36 heavy (non-hydrogen) atoms. The smallest absolute Gasteiger partial charge is 0.407 e. The summed E-state index contributed by atoms with van der Waals surface area (Å²) >= 11 is 6.12. The fourth-order valence-electron chi connectivity index (χ4n) is 7.98. The Kier molecular flexibility index (Phi) is 5.40. The average Bonchev–Trinajstić information content (AvgIpc) is 3.21. The number of pyridine rings is 1. The van der Waals surface area contributed by atoms with Crippen LogP contribution in [-0.2, 0) is 14.5 Å². The number of aromatic nitrogens is 1. The normalized spacial score (nSPS) is 38.9. The van der Waals surface area contributed by atoms with Crippen LogP contribution in [0.4, 0.5) is 10.5 Å². The van der Waals surface area contributed by atoms with Gasteiger partial charge in [-0.3, -0.25) is 4.98 Å². The molecule has 8 nitrogen and oxygen atoms in total. The summed E-state index contributed by atoms with van der Waals surface area (Å²) in [6.07, 6.45) is 8.44. The van der Waals surface area contributed by atoms with Crippen LogP contribution in [0.15, 0.2) is 30.5 Å². The predicted molar refractivity (Wildman–Crippen MR) is 133 cm³/mol. The van der Waals surface area contributed by atoms with E-state index in [0.717, 1.165) is 54.1 Å². The molecule has 1 aromatic carbocycles. The molecule has 2 saturated heterocycles. The number of hydrogen-bond acceptors (Lipinski definition) is 6. The Labute approximate surface area is 215 Å². The molecule has 6 fully saturated rings. The molecule has 2 unspecified atom stereocenters. The van der Waals surface area contributed by atoms with Crippen molar-refractivity contribution in [1.29, 1.82) is 0 Å². The second-order valence-electron chi connectivity index (χ2n) is 11.5. The van der Waals surface area contributed by atoms with E-state index in [4.69, 9.17) is 26.1 Å². The molecular formula is C27H32ClN3O5. The molecular weight excluding hydrogens is 482 g/mol. The molecule has 2 aliphatic heterocycles. The summed E-state index contributed by atoms with van der Waals surface area (Å²) < 4.78 is 6.84. The Morgan fingerprint density at radius 2 is 1.92 bits per heavy atom. The molecule has 8 rings (SSSR count). The van der Waals surface area contributed by atoms with E-state index in [1.165, 1.54) is 11.3 Å². The lowest BCUT2D eigenvalue weighted by atomic mass is 9.53. The quantitative estimate of drug-likeness (QED) is 0.509. The van der Waals surface area contributed by atoms with Gasteiger partial charge in [-0.2, -0.15) is 9.78 Å². The standard InChI is InChI=1S/C27H32ClN3O5/c28-20-1-2-22-23(4-7-30-24(22)14-20)29-6-3-21-15-26(5-8-31(21)25(32)33)34-27(36-35-26)18-10-16-9-17(12-18)13-19(27)11-16/h1-2,4,7,14,16-19,21H,3,5-6,8-13,15H2,(H,29,30)(H,32,33). The van der Waals surface area contributed by atoms with Crippen molar-refractivity contribution in [3.8, 4) is 0 Å². The molecule has 2 spiro atoms. The molecule has 192 valence electrons. The number of carbonyl (C=O) groups is 1. The maximum atomic E-state index is 12.1. The molecule has 3 heterocycles. The Bertz CT molecular complexity index is 1170. The van der Waals surface area contributed by atoms with Crippen LogP contribution in [0.3, 0.4) is 0 Å². The van der Waals surface area contributed by atoms with E-state index < -0.39 is 17.7 Å². The predicted octanol–water partition coefficient (Wildman–Crippen LogP) is 5.66. The number of rotatable bonds is 4. The lowest BCUT2D eigenvalue weighted by Crippen LogP contribution is -2.60. The fourth-order valence-corrected chi connectivity index (χ4v) is 8.15. The Hall–Kier alpha value is -2.13. The summed E-state index contributed by atoms with van der Waals surface area (Å²) in [5, 5.41) is 15.0. The highest BCUT2D eigenvalue weighted by atomic mass is 35.5. The highest BCUT2D eigenvalue weighted by Crippen LogP contribution is 2.63. The van der Waals surface area contributed by atoms with Gasteiger partial charge in [0.25, 0.3) is 0 Å². The number of fused-ring (bicyclic) bond motifs is 1. The Morgan fingerprint density at radius 1 is 1.14 bits per heavy atom. The van der Waals surface area contributed by atoms with Gasteiger partial charge in [-0.25, -0.2) is 4.79 Å². The molecule has 4 saturated carbocycles. The van der Waals surface area contributed by atoms with Gasteiger partial charge < -0.3 is 20.1 Å². The zero-order valence-electron chi connectivity index (χ0n) is 20.2. The first kappa shape index (κ1) is 23.0. The molecule has 1 aromatic heterocycles. The second kappa shape index (κ2) is 8.45. The summed E-state index contributed by atoms with van der Waals surface area (Å²) in [5.41, 5.74) is 1.77. The highest BCUT2D eigenvalue weighted by Gasteiger charge is 2.67. The number of likely N-dealkylation sites (tertiary alicyclic amines) is 1. The van der Waals surface area contributed by atoms with Crippen molar-refractivity contribution in [3.05, 3.63) is 35.5 Å². The van der Waals surface area contributed by atoms with Gasteiger partial charge in [0.1, 0.15) is 0 Å². The third kappa shape index (κ3) is 3.68. The van der Waals surface area contributed by atoms with Crippen LogP contribution in [0.25, 0.3) is 10.9 Å². The number of halogens is 1. The molecule has 2 N–H and O–H groups in total. The first-order valence-electron chi connectivity index (χ1n) is 13.3. The first-order valence-corrected chi connectivity index (χ1v) is 13.7. The van der Waals surface area contributed by atoms with E-state index in [9.17, 15) is 9.90 Å². The molecule has 6 aliphatic rings. The fraction of sp³-hybridized carbons (Fsp3) is 0.630. The van der Waals surface area contributed by atoms with Crippen LogP contribution in [0.1, 0.15) is 51.4 Å². The van der Waals surface area contributed by atoms with E-state index in [2.05, 4.69) is 10.3 Å². The Morgan fingerprint density at radius 3 is 2.67 bits per heavy atom. The summed E-state index contributed by atoms with van der Waals surface area (Å²) in [4.78, 5) is 30.2. The largest absolute Gasteiger partial charge is 0.465 e. The van der Waals surface area contributed by atoms with Crippen molar-refractivity contribution in [3.63, 3.8) is 0 Å². The van der Waals surface area contributed by atoms with Gasteiger partial charge in [0.15, 0.2) is 0 Å². The topological polar surface area (TPSA) is 93.2 Å². The zero-order chi connectivity index (χ0) is 24.5. The number of anilines is 1. The van der Waals surface area contributed by atoms with Gasteiger partial charge in [0, 0.05) is 66.1 Å². The lowest BCUT2D eigenvalue weighted by molar-refractivity contribution is -0.390. The van der Waals surface area contributed by atoms with Crippen LogP contribution < -0.4 is 5.32 Å². The minimum atomic E-state index is -0.901. The van der Waals surface area contributed by atoms with Crippen molar-refractivity contribution in [2.45, 2.75) is 69.0 Å². The third-order valence-corrected chi connectivity index (χ3v) is 9.65. The van der Waals surface area contributed by atoms with Crippen molar-refractivity contribution >= 4 is 34.3 Å². The summed E-state index contributed by atoms with van der Waals surface area (Å²) in [7, 11) is 0. The highest BCUT2D eigenvalue weighted by molar-refractivity contribution is 6.31.